The summed E-state index contributed by atoms with van der Waals surface area (Å²) in [5.41, 5.74) is 0.960. The summed E-state index contributed by atoms with van der Waals surface area (Å²) in [5, 5.41) is 0. The number of carbonyl (C=O) groups is 1. The maximum atomic E-state index is 11.8. The fraction of sp³-hybridized carbons (Fsp3) is 0.972. The van der Waals surface area contributed by atoms with Gasteiger partial charge in [-0.25, -0.2) is 0 Å². The molecule has 2 aliphatic carbocycles. The quantitative estimate of drug-likeness (QED) is 0.333. The van der Waals surface area contributed by atoms with Crippen LogP contribution in [0.25, 0.3) is 0 Å². The van der Waals surface area contributed by atoms with Gasteiger partial charge in [0.1, 0.15) is 6.29 Å². The second-order valence-electron chi connectivity index (χ2n) is 14.5. The molecule has 1 heteroatoms. The Morgan fingerprint density at radius 1 is 0.324 bits per heavy atom. The lowest BCUT2D eigenvalue weighted by Crippen LogP contribution is -2.38. The molecule has 0 atom stereocenters. The smallest absolute Gasteiger partial charge is 0.125 e. The van der Waals surface area contributed by atoms with Gasteiger partial charge < -0.3 is 4.79 Å². The molecule has 2 aliphatic rings. The highest BCUT2D eigenvalue weighted by Crippen LogP contribution is 2.53. The van der Waals surface area contributed by atoms with E-state index in [1.807, 2.05) is 0 Å². The van der Waals surface area contributed by atoms with Gasteiger partial charge >= 0.3 is 0 Å². The Morgan fingerprint density at radius 3 is 0.730 bits per heavy atom. The Labute approximate surface area is 234 Å². The van der Waals surface area contributed by atoms with Crippen LogP contribution in [0, 0.1) is 16.2 Å². The van der Waals surface area contributed by atoms with Gasteiger partial charge in [-0.2, -0.15) is 0 Å². The Bertz CT molecular complexity index is 529. The van der Waals surface area contributed by atoms with Gasteiger partial charge in [0.25, 0.3) is 0 Å². The van der Waals surface area contributed by atoms with Crippen molar-refractivity contribution in [3.05, 3.63) is 0 Å². The molecule has 0 N–H and O–H groups in total. The van der Waals surface area contributed by atoms with Crippen molar-refractivity contribution in [2.75, 3.05) is 0 Å². The molecule has 2 fully saturated rings. The zero-order valence-electron chi connectivity index (χ0n) is 26.0. The number of rotatable bonds is 2. The van der Waals surface area contributed by atoms with Gasteiger partial charge in [-0.05, 0) is 49.4 Å². The van der Waals surface area contributed by atoms with E-state index in [-0.39, 0.29) is 5.41 Å². The highest BCUT2D eigenvalue weighted by molar-refractivity contribution is 5.58. The first kappa shape index (κ1) is 32.9. The largest absolute Gasteiger partial charge is 0.303 e. The third-order valence-corrected chi connectivity index (χ3v) is 11.2. The molecule has 0 aromatic rings. The lowest BCUT2D eigenvalue weighted by Gasteiger charge is -2.48. The molecule has 0 aromatic heterocycles. The number of hydrogen-bond donors (Lipinski definition) is 0. The van der Waals surface area contributed by atoms with Crippen molar-refractivity contribution >= 4 is 6.29 Å². The molecule has 2 rings (SSSR count). The highest BCUT2D eigenvalue weighted by atomic mass is 16.1. The molecular weight excluding hydrogens is 448 g/mol. The molecule has 0 bridgehead atoms. The minimum Gasteiger partial charge on any atom is -0.303 e. The normalized spacial score (nSPS) is 32.3. The van der Waals surface area contributed by atoms with E-state index in [4.69, 9.17) is 0 Å². The summed E-state index contributed by atoms with van der Waals surface area (Å²) in [6.45, 7) is 7.67. The number of carbonyl (C=O) groups excluding carboxylic acids is 1. The lowest BCUT2D eigenvalue weighted by molar-refractivity contribution is -0.116. The standard InChI is InChI=1S/C36H68O/c1-34(33-37)27-21-15-13-19-25-31-36(3,32-26-20-14-16-22-28-34)35(2)29-23-17-11-9-7-5-4-6-8-10-12-18-24-30-35/h33H,4-32H2,1-3H3. The van der Waals surface area contributed by atoms with E-state index in [0.717, 1.165) is 12.8 Å². The van der Waals surface area contributed by atoms with E-state index < -0.39 is 0 Å². The number of hydrogen-bond acceptors (Lipinski definition) is 1. The highest BCUT2D eigenvalue weighted by Gasteiger charge is 2.42. The minimum absolute atomic E-state index is 0.0611. The van der Waals surface area contributed by atoms with Crippen LogP contribution in [-0.2, 0) is 4.79 Å². The average Bonchev–Trinajstić information content (AvgIpc) is 2.88. The van der Waals surface area contributed by atoms with E-state index in [2.05, 4.69) is 20.8 Å². The second-order valence-corrected chi connectivity index (χ2v) is 14.5. The topological polar surface area (TPSA) is 17.1 Å². The van der Waals surface area contributed by atoms with E-state index in [0.29, 0.717) is 10.8 Å². The Morgan fingerprint density at radius 2 is 0.514 bits per heavy atom. The monoisotopic (exact) mass is 517 g/mol. The summed E-state index contributed by atoms with van der Waals surface area (Å²) < 4.78 is 0. The van der Waals surface area contributed by atoms with Crippen LogP contribution in [0.2, 0.25) is 0 Å². The zero-order chi connectivity index (χ0) is 26.7. The molecule has 37 heavy (non-hydrogen) atoms. The van der Waals surface area contributed by atoms with Crippen LogP contribution in [0.5, 0.6) is 0 Å². The molecule has 218 valence electrons. The molecule has 0 radical (unpaired) electrons. The maximum absolute atomic E-state index is 11.8. The fourth-order valence-electron chi connectivity index (χ4n) is 7.82. The minimum atomic E-state index is -0.0611. The van der Waals surface area contributed by atoms with Crippen molar-refractivity contribution < 1.29 is 4.79 Å². The first-order valence-electron chi connectivity index (χ1n) is 17.4. The van der Waals surface area contributed by atoms with Crippen molar-refractivity contribution in [1.29, 1.82) is 0 Å². The molecular formula is C36H68O. The maximum Gasteiger partial charge on any atom is 0.125 e. The van der Waals surface area contributed by atoms with Crippen LogP contribution in [-0.4, -0.2) is 6.29 Å². The first-order valence-corrected chi connectivity index (χ1v) is 17.4. The second kappa shape index (κ2) is 18.9. The van der Waals surface area contributed by atoms with Crippen LogP contribution in [0.4, 0.5) is 0 Å². The Kier molecular flexibility index (Phi) is 16.8. The van der Waals surface area contributed by atoms with E-state index >= 15 is 0 Å². The summed E-state index contributed by atoms with van der Waals surface area (Å²) in [6, 6.07) is 0. The fourth-order valence-corrected chi connectivity index (χ4v) is 7.82. The molecule has 0 amide bonds. The molecule has 1 nitrogen and oxygen atoms in total. The van der Waals surface area contributed by atoms with E-state index in [1.54, 1.807) is 0 Å². The van der Waals surface area contributed by atoms with Crippen molar-refractivity contribution in [3.63, 3.8) is 0 Å². The molecule has 0 aromatic carbocycles. The van der Waals surface area contributed by atoms with Crippen LogP contribution in [0.3, 0.4) is 0 Å². The molecule has 0 saturated heterocycles. The van der Waals surface area contributed by atoms with Crippen molar-refractivity contribution in [3.8, 4) is 0 Å². The van der Waals surface area contributed by atoms with Gasteiger partial charge in [-0.15, -0.1) is 0 Å². The summed E-state index contributed by atoms with van der Waals surface area (Å²) >= 11 is 0. The summed E-state index contributed by atoms with van der Waals surface area (Å²) in [5.74, 6) is 0. The molecule has 2 saturated carbocycles. The summed E-state index contributed by atoms with van der Waals surface area (Å²) in [4.78, 5) is 11.8. The van der Waals surface area contributed by atoms with Gasteiger partial charge in [-0.3, -0.25) is 0 Å². The van der Waals surface area contributed by atoms with Crippen molar-refractivity contribution in [2.24, 2.45) is 16.2 Å². The molecule has 0 unspecified atom stereocenters. The Hall–Kier alpha value is -0.330. The summed E-state index contributed by atoms with van der Waals surface area (Å²) in [6.07, 6.45) is 41.9. The molecule has 0 heterocycles. The van der Waals surface area contributed by atoms with Crippen molar-refractivity contribution in [2.45, 2.75) is 207 Å². The predicted molar refractivity (Wildman–Crippen MR) is 164 cm³/mol. The predicted octanol–water partition coefficient (Wildman–Crippen LogP) is 12.5. The average molecular weight is 517 g/mol. The number of aldehydes is 1. The van der Waals surface area contributed by atoms with Crippen molar-refractivity contribution in [1.82, 2.24) is 0 Å². The van der Waals surface area contributed by atoms with E-state index in [1.165, 1.54) is 180 Å². The lowest BCUT2D eigenvalue weighted by atomic mass is 9.57. The van der Waals surface area contributed by atoms with Gasteiger partial charge in [0.15, 0.2) is 0 Å². The summed E-state index contributed by atoms with van der Waals surface area (Å²) in [7, 11) is 0. The van der Waals surface area contributed by atoms with Crippen LogP contribution in [0.1, 0.15) is 207 Å². The van der Waals surface area contributed by atoms with Gasteiger partial charge in [0.05, 0.1) is 0 Å². The third-order valence-electron chi connectivity index (χ3n) is 11.2. The first-order chi connectivity index (χ1) is 17.9. The van der Waals surface area contributed by atoms with Crippen LogP contribution in [0.15, 0.2) is 0 Å². The van der Waals surface area contributed by atoms with E-state index in [9.17, 15) is 4.79 Å². The molecule has 0 aliphatic heterocycles. The van der Waals surface area contributed by atoms with Crippen LogP contribution < -0.4 is 0 Å². The Balaban J connectivity index is 2.01. The van der Waals surface area contributed by atoms with Crippen LogP contribution >= 0.6 is 0 Å². The third kappa shape index (κ3) is 13.0. The van der Waals surface area contributed by atoms with Gasteiger partial charge in [0.2, 0.25) is 0 Å². The zero-order valence-corrected chi connectivity index (χ0v) is 26.0. The van der Waals surface area contributed by atoms with Gasteiger partial charge in [0, 0.05) is 5.41 Å². The van der Waals surface area contributed by atoms with Gasteiger partial charge in [-0.1, -0.05) is 168 Å². The SMILES string of the molecule is CC1(C=O)CCCCCCCC(C)(C2(C)CCCCCCCCCCCCCCC2)CCCCCCC1. The molecule has 0 spiro atoms.